The first kappa shape index (κ1) is 28.7. The molecule has 0 aliphatic heterocycles. The van der Waals surface area contributed by atoms with E-state index < -0.39 is 0 Å². The Hall–Kier alpha value is -1.32. The predicted molar refractivity (Wildman–Crippen MR) is 125 cm³/mol. The van der Waals surface area contributed by atoms with Crippen LogP contribution in [0.4, 0.5) is 0 Å². The van der Waals surface area contributed by atoms with Crippen LogP contribution >= 0.6 is 0 Å². The van der Waals surface area contributed by atoms with Crippen LogP contribution in [0.15, 0.2) is 12.2 Å². The average molecular weight is 425 g/mol. The fourth-order valence-corrected chi connectivity index (χ4v) is 3.38. The van der Waals surface area contributed by atoms with Gasteiger partial charge in [-0.1, -0.05) is 76.4 Å². The fourth-order valence-electron chi connectivity index (χ4n) is 3.38. The van der Waals surface area contributed by atoms with Crippen molar-refractivity contribution in [2.75, 3.05) is 0 Å². The first-order valence-corrected chi connectivity index (χ1v) is 12.5. The third-order valence-electron chi connectivity index (χ3n) is 4.92. The molecule has 30 heavy (non-hydrogen) atoms. The molecule has 0 N–H and O–H groups in total. The van der Waals surface area contributed by atoms with Crippen LogP contribution in [-0.4, -0.2) is 24.1 Å². The van der Waals surface area contributed by atoms with E-state index >= 15 is 0 Å². The van der Waals surface area contributed by atoms with Gasteiger partial charge in [-0.2, -0.15) is 0 Å². The second-order valence-corrected chi connectivity index (χ2v) is 8.87. The summed E-state index contributed by atoms with van der Waals surface area (Å²) < 4.78 is 10.2. The van der Waals surface area contributed by atoms with Crippen LogP contribution in [0.2, 0.25) is 0 Å². The number of carbonyl (C=O) groups excluding carboxylic acids is 2. The minimum Gasteiger partial charge on any atom is -0.463 e. The highest BCUT2D eigenvalue weighted by Gasteiger charge is 2.04. The van der Waals surface area contributed by atoms with Crippen LogP contribution in [0.5, 0.6) is 0 Å². The van der Waals surface area contributed by atoms with E-state index in [4.69, 9.17) is 9.47 Å². The Bertz CT molecular complexity index is 440. The monoisotopic (exact) mass is 424 g/mol. The molecule has 0 heterocycles. The molecule has 0 unspecified atom stereocenters. The maximum atomic E-state index is 11.4. The molecule has 0 aliphatic rings. The fraction of sp³-hybridized carbons (Fsp3) is 0.846. The normalized spacial score (nSPS) is 11.5. The maximum absolute atomic E-state index is 11.4. The largest absolute Gasteiger partial charge is 0.463 e. The number of esters is 2. The highest BCUT2D eigenvalue weighted by molar-refractivity contribution is 5.69. The summed E-state index contributed by atoms with van der Waals surface area (Å²) in [6.07, 6.45) is 22.5. The number of carbonyl (C=O) groups is 2. The van der Waals surface area contributed by atoms with Gasteiger partial charge >= 0.3 is 11.9 Å². The van der Waals surface area contributed by atoms with Gasteiger partial charge in [0.1, 0.15) is 0 Å². The standard InChI is InChI=1S/C26H48O4/c1-23(2)29-25(27)21-19-17-15-13-11-9-7-5-6-8-10-12-14-16-18-20-22-26(28)30-24(3)4/h15,17,23-24H,5-14,16,18-22H2,1-4H3/b17-15+. The minimum atomic E-state index is -0.0988. The van der Waals surface area contributed by atoms with Crippen LogP contribution in [0.25, 0.3) is 0 Å². The molecule has 4 heteroatoms. The first-order valence-electron chi connectivity index (χ1n) is 12.5. The predicted octanol–water partition coefficient (Wildman–Crippen LogP) is 7.69. The number of hydrogen-bond acceptors (Lipinski definition) is 4. The highest BCUT2D eigenvalue weighted by atomic mass is 16.5. The lowest BCUT2D eigenvalue weighted by atomic mass is 10.0. The second-order valence-electron chi connectivity index (χ2n) is 8.87. The zero-order valence-corrected chi connectivity index (χ0v) is 20.3. The van der Waals surface area contributed by atoms with E-state index in [0.717, 1.165) is 25.7 Å². The van der Waals surface area contributed by atoms with E-state index in [9.17, 15) is 9.59 Å². The van der Waals surface area contributed by atoms with Crippen molar-refractivity contribution in [3.63, 3.8) is 0 Å². The topological polar surface area (TPSA) is 52.6 Å². The van der Waals surface area contributed by atoms with Crippen molar-refractivity contribution < 1.29 is 19.1 Å². The molecule has 4 nitrogen and oxygen atoms in total. The van der Waals surface area contributed by atoms with Gasteiger partial charge < -0.3 is 9.47 Å². The Kier molecular flexibility index (Phi) is 20.0. The lowest BCUT2D eigenvalue weighted by Gasteiger charge is -2.07. The molecule has 0 spiro atoms. The summed E-state index contributed by atoms with van der Waals surface area (Å²) in [7, 11) is 0. The highest BCUT2D eigenvalue weighted by Crippen LogP contribution is 2.13. The van der Waals surface area contributed by atoms with E-state index in [1.54, 1.807) is 0 Å². The van der Waals surface area contributed by atoms with Crippen molar-refractivity contribution >= 4 is 11.9 Å². The first-order chi connectivity index (χ1) is 14.4. The molecular weight excluding hydrogens is 376 g/mol. The number of allylic oxidation sites excluding steroid dienone is 2. The van der Waals surface area contributed by atoms with Crippen molar-refractivity contribution in [2.24, 2.45) is 0 Å². The van der Waals surface area contributed by atoms with Crippen molar-refractivity contribution in [2.45, 2.75) is 143 Å². The molecule has 0 aromatic carbocycles. The zero-order chi connectivity index (χ0) is 22.5. The van der Waals surface area contributed by atoms with Crippen LogP contribution < -0.4 is 0 Å². The van der Waals surface area contributed by atoms with Crippen molar-refractivity contribution in [3.8, 4) is 0 Å². The SMILES string of the molecule is CC(C)OC(=O)CC/C=C/CCCCCCCCCCCCCCC(=O)OC(C)C. The molecule has 0 fully saturated rings. The molecule has 0 aromatic rings. The molecule has 0 amide bonds. The smallest absolute Gasteiger partial charge is 0.306 e. The van der Waals surface area contributed by atoms with Gasteiger partial charge in [0, 0.05) is 12.8 Å². The summed E-state index contributed by atoms with van der Waals surface area (Å²) >= 11 is 0. The lowest BCUT2D eigenvalue weighted by molar-refractivity contribution is -0.148. The second kappa shape index (κ2) is 20.9. The summed E-state index contributed by atoms with van der Waals surface area (Å²) in [6.45, 7) is 7.56. The van der Waals surface area contributed by atoms with E-state index in [1.165, 1.54) is 64.2 Å². The summed E-state index contributed by atoms with van der Waals surface area (Å²) in [6, 6.07) is 0. The minimum absolute atomic E-state index is 0.00702. The van der Waals surface area contributed by atoms with Gasteiger partial charge in [-0.05, 0) is 53.4 Å². The van der Waals surface area contributed by atoms with Crippen LogP contribution in [0, 0.1) is 0 Å². The zero-order valence-electron chi connectivity index (χ0n) is 20.3. The number of hydrogen-bond donors (Lipinski definition) is 0. The Morgan fingerprint density at radius 3 is 1.37 bits per heavy atom. The summed E-state index contributed by atoms with van der Waals surface area (Å²) in [4.78, 5) is 22.8. The van der Waals surface area contributed by atoms with Gasteiger partial charge in [0.25, 0.3) is 0 Å². The summed E-state index contributed by atoms with van der Waals surface area (Å²) in [5.74, 6) is -0.150. The quantitative estimate of drug-likeness (QED) is 0.114. The molecule has 0 bridgehead atoms. The van der Waals surface area contributed by atoms with Crippen molar-refractivity contribution in [3.05, 3.63) is 12.2 Å². The van der Waals surface area contributed by atoms with Gasteiger partial charge in [-0.25, -0.2) is 0 Å². The number of unbranched alkanes of at least 4 members (excludes halogenated alkanes) is 12. The van der Waals surface area contributed by atoms with E-state index in [0.29, 0.717) is 12.8 Å². The van der Waals surface area contributed by atoms with E-state index in [-0.39, 0.29) is 24.1 Å². The Morgan fingerprint density at radius 2 is 0.900 bits per heavy atom. The van der Waals surface area contributed by atoms with Gasteiger partial charge in [0.05, 0.1) is 12.2 Å². The number of rotatable bonds is 20. The molecular formula is C26H48O4. The van der Waals surface area contributed by atoms with E-state index in [1.807, 2.05) is 27.7 Å². The molecule has 0 saturated heterocycles. The van der Waals surface area contributed by atoms with E-state index in [2.05, 4.69) is 12.2 Å². The molecule has 0 radical (unpaired) electrons. The molecule has 0 atom stereocenters. The van der Waals surface area contributed by atoms with Gasteiger partial charge in [0.2, 0.25) is 0 Å². The van der Waals surface area contributed by atoms with Crippen molar-refractivity contribution in [1.29, 1.82) is 0 Å². The van der Waals surface area contributed by atoms with Gasteiger partial charge in [-0.3, -0.25) is 9.59 Å². The molecule has 0 aromatic heterocycles. The van der Waals surface area contributed by atoms with Crippen LogP contribution in [-0.2, 0) is 19.1 Å². The van der Waals surface area contributed by atoms with Gasteiger partial charge in [-0.15, -0.1) is 0 Å². The third-order valence-corrected chi connectivity index (χ3v) is 4.92. The average Bonchev–Trinajstić information content (AvgIpc) is 2.65. The maximum Gasteiger partial charge on any atom is 0.306 e. The number of ether oxygens (including phenoxy) is 2. The lowest BCUT2D eigenvalue weighted by Crippen LogP contribution is -2.10. The summed E-state index contributed by atoms with van der Waals surface area (Å²) in [5.41, 5.74) is 0. The molecule has 0 rings (SSSR count). The summed E-state index contributed by atoms with van der Waals surface area (Å²) in [5, 5.41) is 0. The third kappa shape index (κ3) is 23.0. The van der Waals surface area contributed by atoms with Crippen LogP contribution in [0.1, 0.15) is 130 Å². The van der Waals surface area contributed by atoms with Crippen molar-refractivity contribution in [1.82, 2.24) is 0 Å². The Balaban J connectivity index is 3.22. The molecule has 0 aliphatic carbocycles. The van der Waals surface area contributed by atoms with Crippen LogP contribution in [0.3, 0.4) is 0 Å². The molecule has 176 valence electrons. The Labute approximate surface area is 186 Å². The molecule has 0 saturated carbocycles. The van der Waals surface area contributed by atoms with Gasteiger partial charge in [0.15, 0.2) is 0 Å². The Morgan fingerprint density at radius 1 is 0.533 bits per heavy atom.